The summed E-state index contributed by atoms with van der Waals surface area (Å²) in [7, 11) is 0. The molecule has 4 rings (SSSR count). The van der Waals surface area contributed by atoms with Crippen molar-refractivity contribution in [3.63, 3.8) is 0 Å². The molecule has 1 aromatic heterocycles. The number of rotatable bonds is 32. The monoisotopic (exact) mass is 1110 g/mol. The van der Waals surface area contributed by atoms with Crippen LogP contribution in [0.25, 0.3) is 10.9 Å². The summed E-state index contributed by atoms with van der Waals surface area (Å²) in [5.74, 6) is -8.02. The smallest absolute Gasteiger partial charge is 0.326 e. The number of nitrogens with two attached hydrogens (primary N) is 1. The molecule has 0 spiro atoms. The molecule has 8 amide bonds. The number of phenols is 1. The number of carbonyl (C=O) groups excluding carboxylic acids is 8. The summed E-state index contributed by atoms with van der Waals surface area (Å²) >= 11 is 1.42. The van der Waals surface area contributed by atoms with Gasteiger partial charge < -0.3 is 68.6 Å². The Kier molecular flexibility index (Phi) is 25.8. The molecule has 3 aromatic carbocycles. The van der Waals surface area contributed by atoms with Gasteiger partial charge in [-0.25, -0.2) is 4.79 Å². The lowest BCUT2D eigenvalue weighted by Gasteiger charge is -2.28. The van der Waals surface area contributed by atoms with Crippen molar-refractivity contribution in [1.82, 2.24) is 47.5 Å². The zero-order chi connectivity index (χ0) is 58.3. The van der Waals surface area contributed by atoms with Crippen LogP contribution in [0.5, 0.6) is 5.75 Å². The Morgan fingerprint density at radius 3 is 1.51 bits per heavy atom. The van der Waals surface area contributed by atoms with Gasteiger partial charge in [0, 0.05) is 36.4 Å². The third-order valence-corrected chi connectivity index (χ3v) is 13.5. The van der Waals surface area contributed by atoms with Crippen LogP contribution in [0.4, 0.5) is 0 Å². The van der Waals surface area contributed by atoms with Crippen LogP contribution in [0.2, 0.25) is 0 Å². The molecule has 79 heavy (non-hydrogen) atoms. The molecular weight excluding hydrogens is 1040 g/mol. The Bertz CT molecular complexity index is 2690. The highest BCUT2D eigenvalue weighted by Gasteiger charge is 2.36. The van der Waals surface area contributed by atoms with E-state index in [9.17, 15) is 58.5 Å². The van der Waals surface area contributed by atoms with Crippen molar-refractivity contribution in [2.45, 2.75) is 128 Å². The Balaban J connectivity index is 1.63. The van der Waals surface area contributed by atoms with Crippen molar-refractivity contribution in [1.29, 1.82) is 0 Å². The maximum Gasteiger partial charge on any atom is 0.326 e. The fraction of sp³-hybridized carbons (Fsp3) is 0.482. The molecule has 0 aliphatic rings. The molecule has 0 aliphatic heterocycles. The molecule has 23 heteroatoms. The lowest BCUT2D eigenvalue weighted by molar-refractivity contribution is -0.143. The van der Waals surface area contributed by atoms with Crippen molar-refractivity contribution in [3.8, 4) is 5.75 Å². The van der Waals surface area contributed by atoms with Gasteiger partial charge in [-0.3, -0.25) is 38.4 Å². The predicted octanol–water partition coefficient (Wildman–Crippen LogP) is 1.32. The molecular formula is C56H78N10O12S. The van der Waals surface area contributed by atoms with Gasteiger partial charge in [-0.05, 0) is 83.9 Å². The van der Waals surface area contributed by atoms with E-state index in [0.717, 1.165) is 10.9 Å². The molecule has 0 unspecified atom stereocenters. The summed E-state index contributed by atoms with van der Waals surface area (Å²) in [6, 6.07) is 11.0. The van der Waals surface area contributed by atoms with Crippen LogP contribution >= 0.6 is 11.8 Å². The second-order valence-electron chi connectivity index (χ2n) is 20.6. The van der Waals surface area contributed by atoms with Gasteiger partial charge in [0.05, 0.1) is 13.2 Å². The molecule has 1 heterocycles. The van der Waals surface area contributed by atoms with Gasteiger partial charge in [0.15, 0.2) is 0 Å². The lowest BCUT2D eigenvalue weighted by atomic mass is 9.99. The number of thioether (sulfide) groups is 1. The van der Waals surface area contributed by atoms with Crippen LogP contribution in [0.3, 0.4) is 0 Å². The molecule has 0 bridgehead atoms. The molecule has 4 aromatic rings. The highest BCUT2D eigenvalue weighted by Crippen LogP contribution is 2.20. The largest absolute Gasteiger partial charge is 0.508 e. The van der Waals surface area contributed by atoms with Crippen molar-refractivity contribution in [3.05, 3.63) is 102 Å². The fourth-order valence-corrected chi connectivity index (χ4v) is 9.10. The van der Waals surface area contributed by atoms with Crippen LogP contribution in [0.15, 0.2) is 85.1 Å². The first kappa shape index (κ1) is 64.0. The third-order valence-electron chi connectivity index (χ3n) is 12.8. The minimum absolute atomic E-state index is 0.0134. The number of fused-ring (bicyclic) bond motifs is 1. The molecule has 14 N–H and O–H groups in total. The van der Waals surface area contributed by atoms with E-state index in [-0.39, 0.29) is 62.7 Å². The van der Waals surface area contributed by atoms with E-state index < -0.39 is 114 Å². The minimum Gasteiger partial charge on any atom is -0.508 e. The molecule has 0 saturated carbocycles. The van der Waals surface area contributed by atoms with E-state index >= 15 is 0 Å². The second-order valence-corrected chi connectivity index (χ2v) is 21.6. The molecule has 0 radical (unpaired) electrons. The first-order chi connectivity index (χ1) is 37.5. The first-order valence-corrected chi connectivity index (χ1v) is 27.7. The van der Waals surface area contributed by atoms with Crippen LogP contribution < -0.4 is 48.3 Å². The fourth-order valence-electron chi connectivity index (χ4n) is 8.62. The zero-order valence-electron chi connectivity index (χ0n) is 45.8. The van der Waals surface area contributed by atoms with Gasteiger partial charge in [-0.1, -0.05) is 102 Å². The second kappa shape index (κ2) is 31.8. The number of hydrogen-bond acceptors (Lipinski definition) is 13. The highest BCUT2D eigenvalue weighted by atomic mass is 32.2. The molecule has 8 atom stereocenters. The summed E-state index contributed by atoms with van der Waals surface area (Å²) in [5.41, 5.74) is 8.01. The average molecular weight is 1120 g/mol. The number of hydrogen-bond donors (Lipinski definition) is 13. The summed E-state index contributed by atoms with van der Waals surface area (Å²) in [4.78, 5) is 127. The summed E-state index contributed by atoms with van der Waals surface area (Å²) < 4.78 is 0. The quantitative estimate of drug-likeness (QED) is 0.0328. The van der Waals surface area contributed by atoms with Crippen LogP contribution in [0.1, 0.15) is 77.5 Å². The lowest BCUT2D eigenvalue weighted by Crippen LogP contribution is -2.61. The van der Waals surface area contributed by atoms with Crippen LogP contribution in [0, 0.1) is 17.8 Å². The maximum absolute atomic E-state index is 14.6. The standard InChI is InChI=1S/C56H78N10O12S/c1-31(2)23-41(59-47(69)28-57)50(71)60-40(21-22-79-7)49(70)64-45(27-36-29-58-39-16-12-11-15-38(36)39)53(74)61-42(24-32(3)4)51(72)65-46(30-67)55(76)63-43(26-35-17-19-37(68)20-18-35)52(73)62-44(25-34-13-9-8-10-14-34)54(75)66-48(33(5)6)56(77)78/h8-20,29,31-33,40-46,48,58,67-68H,21-28,30,57H2,1-7H3,(H,59,69)(H,60,71)(H,61,74)(H,62,73)(H,63,76)(H,64,70)(H,65,72)(H,66,75)(H,77,78)/t40-,41-,42-,43-,44-,45-,46-,48-/m0/s1. The van der Waals surface area contributed by atoms with Gasteiger partial charge in [-0.2, -0.15) is 11.8 Å². The molecule has 0 fully saturated rings. The molecule has 22 nitrogen and oxygen atoms in total. The number of aromatic hydroxyl groups is 1. The number of H-pyrrole nitrogens is 1. The summed E-state index contributed by atoms with van der Waals surface area (Å²) in [5, 5.41) is 52.4. The minimum atomic E-state index is -1.71. The van der Waals surface area contributed by atoms with Crippen molar-refractivity contribution >= 4 is 75.9 Å². The Hall–Kier alpha value is -7.50. The van der Waals surface area contributed by atoms with Crippen LogP contribution in [-0.4, -0.2) is 147 Å². The van der Waals surface area contributed by atoms with E-state index in [1.54, 1.807) is 64.2 Å². The summed E-state index contributed by atoms with van der Waals surface area (Å²) in [6.07, 6.45) is 3.56. The number of aliphatic carboxylic acids is 1. The van der Waals surface area contributed by atoms with E-state index in [4.69, 9.17) is 5.73 Å². The van der Waals surface area contributed by atoms with E-state index in [2.05, 4.69) is 47.5 Å². The first-order valence-electron chi connectivity index (χ1n) is 26.3. The Labute approximate surface area is 464 Å². The number of amides is 8. The number of nitrogens with one attached hydrogen (secondary N) is 9. The molecule has 0 aliphatic carbocycles. The van der Waals surface area contributed by atoms with Crippen molar-refractivity contribution in [2.75, 3.05) is 25.2 Å². The zero-order valence-corrected chi connectivity index (χ0v) is 46.6. The predicted molar refractivity (Wildman–Crippen MR) is 300 cm³/mol. The SMILES string of the molecule is CSCC[C@H](NC(=O)[C@H](CC(C)C)NC(=O)CN)C(=O)N[C@@H](Cc1c[nH]c2ccccc12)C(=O)N[C@@H](CC(C)C)C(=O)N[C@@H](CO)C(=O)N[C@@H](Cc1ccc(O)cc1)C(=O)N[C@@H](Cc1ccccc1)C(=O)N[C@H](C(=O)O)C(C)C. The topological polar surface area (TPSA) is 352 Å². The van der Waals surface area contributed by atoms with Gasteiger partial charge in [0.1, 0.15) is 54.1 Å². The molecule has 0 saturated heterocycles. The number of carbonyl (C=O) groups is 9. The van der Waals surface area contributed by atoms with Gasteiger partial charge in [0.2, 0.25) is 47.3 Å². The van der Waals surface area contributed by atoms with E-state index in [1.165, 1.54) is 36.0 Å². The van der Waals surface area contributed by atoms with Gasteiger partial charge in [0.25, 0.3) is 0 Å². The van der Waals surface area contributed by atoms with Crippen molar-refractivity contribution in [2.24, 2.45) is 23.5 Å². The highest BCUT2D eigenvalue weighted by molar-refractivity contribution is 7.98. The number of aromatic nitrogens is 1. The number of para-hydroxylation sites is 1. The third kappa shape index (κ3) is 20.7. The average Bonchev–Trinajstić information content (AvgIpc) is 3.82. The van der Waals surface area contributed by atoms with Crippen LogP contribution in [-0.2, 0) is 62.4 Å². The van der Waals surface area contributed by atoms with Crippen molar-refractivity contribution < 1.29 is 58.5 Å². The van der Waals surface area contributed by atoms with Gasteiger partial charge in [-0.15, -0.1) is 0 Å². The molecule has 430 valence electrons. The number of carboxylic acid groups (broad SMARTS) is 1. The normalized spacial score (nSPS) is 14.4. The number of benzene rings is 3. The number of phenolic OH excluding ortho intramolecular Hbond substituents is 1. The number of aromatic amines is 1. The van der Waals surface area contributed by atoms with E-state index in [1.807, 2.05) is 44.4 Å². The van der Waals surface area contributed by atoms with Gasteiger partial charge >= 0.3 is 5.97 Å². The number of carboxylic acids is 1. The maximum atomic E-state index is 14.6. The number of aliphatic hydroxyl groups excluding tert-OH is 1. The Morgan fingerprint density at radius 1 is 0.544 bits per heavy atom. The summed E-state index contributed by atoms with van der Waals surface area (Å²) in [6.45, 7) is 9.21. The Morgan fingerprint density at radius 2 is 0.987 bits per heavy atom. The van der Waals surface area contributed by atoms with E-state index in [0.29, 0.717) is 22.4 Å². The number of aliphatic hydroxyl groups is 1.